The molecular weight excluding hydrogens is 459 g/mol. The van der Waals surface area contributed by atoms with Crippen LogP contribution in [0.15, 0.2) is 72.8 Å². The number of non-ortho nitro benzene ring substituents is 1. The molecule has 2 heterocycles. The van der Waals surface area contributed by atoms with Crippen molar-refractivity contribution in [1.29, 1.82) is 0 Å². The number of rotatable bonds is 6. The van der Waals surface area contributed by atoms with Gasteiger partial charge in [0.1, 0.15) is 11.5 Å². The molecule has 0 atom stereocenters. The molecule has 1 N–H and O–H groups in total. The van der Waals surface area contributed by atoms with E-state index in [2.05, 4.69) is 17.1 Å². The van der Waals surface area contributed by atoms with Crippen LogP contribution in [0.3, 0.4) is 0 Å². The molecule has 184 valence electrons. The summed E-state index contributed by atoms with van der Waals surface area (Å²) < 4.78 is 15.6. The molecule has 0 saturated carbocycles. The number of fused-ring (bicyclic) bond motifs is 1. The third kappa shape index (κ3) is 4.93. The second kappa shape index (κ2) is 9.81. The Morgan fingerprint density at radius 2 is 1.81 bits per heavy atom. The van der Waals surface area contributed by atoms with Crippen molar-refractivity contribution in [2.24, 2.45) is 5.92 Å². The van der Waals surface area contributed by atoms with Gasteiger partial charge >= 0.3 is 0 Å². The average Bonchev–Trinajstić information content (AvgIpc) is 3.23. The lowest BCUT2D eigenvalue weighted by Gasteiger charge is -2.32. The van der Waals surface area contributed by atoms with E-state index in [1.807, 2.05) is 24.3 Å². The van der Waals surface area contributed by atoms with Crippen LogP contribution in [0.25, 0.3) is 10.9 Å². The summed E-state index contributed by atoms with van der Waals surface area (Å²) in [5.74, 6) is 0.0408. The van der Waals surface area contributed by atoms with Gasteiger partial charge in [-0.3, -0.25) is 14.9 Å². The first-order valence-corrected chi connectivity index (χ1v) is 12.1. The molecule has 0 spiro atoms. The van der Waals surface area contributed by atoms with Crippen LogP contribution in [0.4, 0.5) is 21.5 Å². The highest BCUT2D eigenvalue weighted by Gasteiger charge is 2.20. The first kappa shape index (κ1) is 23.5. The van der Waals surface area contributed by atoms with E-state index >= 15 is 0 Å². The number of amides is 1. The predicted molar refractivity (Wildman–Crippen MR) is 139 cm³/mol. The normalized spacial score (nSPS) is 14.2. The Morgan fingerprint density at radius 3 is 2.50 bits per heavy atom. The Morgan fingerprint density at radius 1 is 1.06 bits per heavy atom. The standard InChI is InChI=1S/C28H27FN4O3/c1-19-11-13-31(14-12-19)24-7-5-23(6-8-24)30-28(34)27-17-21-16-25(33(35)36)9-10-26(21)32(27)18-20-3-2-4-22(29)15-20/h2-10,15-17,19H,11-14,18H2,1H3,(H,30,34). The van der Waals surface area contributed by atoms with Crippen LogP contribution in [-0.4, -0.2) is 28.5 Å². The van der Waals surface area contributed by atoms with Crippen LogP contribution in [0, 0.1) is 21.8 Å². The Bertz CT molecular complexity index is 1420. The molecule has 1 aliphatic heterocycles. The van der Waals surface area contributed by atoms with Crippen molar-refractivity contribution in [1.82, 2.24) is 4.57 Å². The van der Waals surface area contributed by atoms with E-state index in [9.17, 15) is 19.3 Å². The third-order valence-corrected chi connectivity index (χ3v) is 6.83. The maximum absolute atomic E-state index is 13.8. The maximum atomic E-state index is 13.8. The number of hydrogen-bond acceptors (Lipinski definition) is 4. The Labute approximate surface area is 208 Å². The third-order valence-electron chi connectivity index (χ3n) is 6.83. The fourth-order valence-electron chi connectivity index (χ4n) is 4.77. The lowest BCUT2D eigenvalue weighted by atomic mass is 9.99. The summed E-state index contributed by atoms with van der Waals surface area (Å²) in [6.07, 6.45) is 2.35. The first-order valence-electron chi connectivity index (χ1n) is 12.1. The Balaban J connectivity index is 1.43. The van der Waals surface area contributed by atoms with Crippen LogP contribution < -0.4 is 10.2 Å². The molecule has 0 radical (unpaired) electrons. The van der Waals surface area contributed by atoms with Crippen LogP contribution in [0.2, 0.25) is 0 Å². The molecule has 5 rings (SSSR count). The molecule has 1 amide bonds. The van der Waals surface area contributed by atoms with Crippen LogP contribution in [-0.2, 0) is 6.54 Å². The van der Waals surface area contributed by atoms with E-state index < -0.39 is 4.92 Å². The number of benzene rings is 3. The summed E-state index contributed by atoms with van der Waals surface area (Å²) in [6.45, 7) is 4.58. The lowest BCUT2D eigenvalue weighted by Crippen LogP contribution is -2.32. The summed E-state index contributed by atoms with van der Waals surface area (Å²) >= 11 is 0. The van der Waals surface area contributed by atoms with E-state index in [0.717, 1.165) is 24.7 Å². The van der Waals surface area contributed by atoms with E-state index in [1.165, 1.54) is 37.1 Å². The smallest absolute Gasteiger partial charge is 0.272 e. The fourth-order valence-corrected chi connectivity index (χ4v) is 4.77. The number of carbonyl (C=O) groups is 1. The van der Waals surface area contributed by atoms with Gasteiger partial charge in [0.25, 0.3) is 11.6 Å². The van der Waals surface area contributed by atoms with Crippen molar-refractivity contribution in [3.8, 4) is 0 Å². The molecule has 1 fully saturated rings. The molecule has 1 aromatic heterocycles. The largest absolute Gasteiger partial charge is 0.372 e. The van der Waals surface area contributed by atoms with Gasteiger partial charge in [-0.05, 0) is 72.9 Å². The number of halogens is 1. The predicted octanol–water partition coefficient (Wildman–Crippen LogP) is 6.23. The number of piperidine rings is 1. The van der Waals surface area contributed by atoms with Crippen molar-refractivity contribution in [2.45, 2.75) is 26.3 Å². The van der Waals surface area contributed by atoms with Crippen molar-refractivity contribution >= 4 is 33.9 Å². The number of carbonyl (C=O) groups excluding carboxylic acids is 1. The van der Waals surface area contributed by atoms with Gasteiger partial charge in [-0.25, -0.2) is 4.39 Å². The number of anilines is 2. The number of nitrogens with one attached hydrogen (secondary N) is 1. The minimum atomic E-state index is -0.465. The van der Waals surface area contributed by atoms with Gasteiger partial charge in [0.2, 0.25) is 0 Å². The van der Waals surface area contributed by atoms with Gasteiger partial charge in [-0.1, -0.05) is 19.1 Å². The molecule has 8 heteroatoms. The van der Waals surface area contributed by atoms with Gasteiger partial charge in [0.05, 0.1) is 4.92 Å². The zero-order valence-corrected chi connectivity index (χ0v) is 20.0. The Hall–Kier alpha value is -4.20. The molecule has 0 bridgehead atoms. The van der Waals surface area contributed by atoms with E-state index in [0.29, 0.717) is 27.8 Å². The fraction of sp³-hybridized carbons (Fsp3) is 0.250. The van der Waals surface area contributed by atoms with Crippen molar-refractivity contribution in [3.63, 3.8) is 0 Å². The molecule has 36 heavy (non-hydrogen) atoms. The van der Waals surface area contributed by atoms with E-state index in [4.69, 9.17) is 0 Å². The molecule has 1 aliphatic rings. The number of hydrogen-bond donors (Lipinski definition) is 1. The second-order valence-corrected chi connectivity index (χ2v) is 9.42. The van der Waals surface area contributed by atoms with Gasteiger partial charge in [0, 0.05) is 54.0 Å². The molecule has 3 aromatic carbocycles. The number of aromatic nitrogens is 1. The highest BCUT2D eigenvalue weighted by Crippen LogP contribution is 2.28. The SMILES string of the molecule is CC1CCN(c2ccc(NC(=O)c3cc4cc([N+](=O)[O-])ccc4n3Cc3cccc(F)c3)cc2)CC1. The summed E-state index contributed by atoms with van der Waals surface area (Å²) in [4.78, 5) is 26.5. The zero-order chi connectivity index (χ0) is 25.2. The monoisotopic (exact) mass is 486 g/mol. The molecule has 4 aromatic rings. The summed E-state index contributed by atoms with van der Waals surface area (Å²) in [6, 6.07) is 20.1. The minimum absolute atomic E-state index is 0.0555. The van der Waals surface area contributed by atoms with Gasteiger partial charge in [0.15, 0.2) is 0 Å². The molecule has 7 nitrogen and oxygen atoms in total. The minimum Gasteiger partial charge on any atom is -0.372 e. The summed E-state index contributed by atoms with van der Waals surface area (Å²) in [5, 5.41) is 14.8. The van der Waals surface area contributed by atoms with Crippen molar-refractivity contribution < 1.29 is 14.1 Å². The highest BCUT2D eigenvalue weighted by molar-refractivity contribution is 6.06. The number of nitro groups is 1. The topological polar surface area (TPSA) is 80.4 Å². The van der Waals surface area contributed by atoms with Gasteiger partial charge in [-0.2, -0.15) is 0 Å². The maximum Gasteiger partial charge on any atom is 0.272 e. The number of nitrogens with zero attached hydrogens (tertiary/aromatic N) is 3. The quantitative estimate of drug-likeness (QED) is 0.259. The van der Waals surface area contributed by atoms with Crippen LogP contribution in [0.1, 0.15) is 35.8 Å². The Kier molecular flexibility index (Phi) is 6.41. The summed E-state index contributed by atoms with van der Waals surface area (Å²) in [7, 11) is 0. The summed E-state index contributed by atoms with van der Waals surface area (Å²) in [5.41, 5.74) is 3.41. The zero-order valence-electron chi connectivity index (χ0n) is 20.0. The van der Waals surface area contributed by atoms with E-state index in [-0.39, 0.29) is 24.0 Å². The molecule has 0 unspecified atom stereocenters. The van der Waals surface area contributed by atoms with Gasteiger partial charge < -0.3 is 14.8 Å². The van der Waals surface area contributed by atoms with Crippen LogP contribution in [0.5, 0.6) is 0 Å². The first-order chi connectivity index (χ1) is 17.4. The molecule has 1 saturated heterocycles. The van der Waals surface area contributed by atoms with Crippen molar-refractivity contribution in [2.75, 3.05) is 23.3 Å². The molecular formula is C28H27FN4O3. The lowest BCUT2D eigenvalue weighted by molar-refractivity contribution is -0.384. The number of nitro benzene ring substituents is 1. The van der Waals surface area contributed by atoms with Crippen molar-refractivity contribution in [3.05, 3.63) is 100.0 Å². The van der Waals surface area contributed by atoms with Crippen LogP contribution >= 0.6 is 0 Å². The molecule has 0 aliphatic carbocycles. The van der Waals surface area contributed by atoms with Gasteiger partial charge in [-0.15, -0.1) is 0 Å². The second-order valence-electron chi connectivity index (χ2n) is 9.42. The highest BCUT2D eigenvalue weighted by atomic mass is 19.1. The average molecular weight is 487 g/mol. The van der Waals surface area contributed by atoms with E-state index in [1.54, 1.807) is 28.8 Å².